The maximum atomic E-state index is 12.3. The lowest BCUT2D eigenvalue weighted by atomic mass is 10.1. The first-order valence-electron chi connectivity index (χ1n) is 9.26. The molecule has 2 aromatic carbocycles. The van der Waals surface area contributed by atoms with Gasteiger partial charge in [0.15, 0.2) is 0 Å². The third-order valence-corrected chi connectivity index (χ3v) is 4.79. The minimum atomic E-state index is -0.714. The molecular formula is C22H18N2O6. The second-order valence-corrected chi connectivity index (χ2v) is 6.83. The van der Waals surface area contributed by atoms with Crippen LogP contribution in [0.5, 0.6) is 5.75 Å². The van der Waals surface area contributed by atoms with Crippen LogP contribution in [0.15, 0.2) is 53.1 Å². The van der Waals surface area contributed by atoms with Crippen molar-refractivity contribution in [3.05, 3.63) is 82.2 Å². The molecule has 2 amide bonds. The summed E-state index contributed by atoms with van der Waals surface area (Å²) < 4.78 is 10.8. The fraction of sp³-hybridized carbons (Fsp3) is 0.182. The number of carbonyl (C=O) groups is 3. The fourth-order valence-electron chi connectivity index (χ4n) is 3.12. The van der Waals surface area contributed by atoms with E-state index in [1.165, 1.54) is 12.1 Å². The van der Waals surface area contributed by atoms with Gasteiger partial charge in [0, 0.05) is 0 Å². The molecule has 0 saturated heterocycles. The SMILES string of the molecule is Cc1noc(C)c1COc1ccc(CC(=O)ON2C(=O)c3ccccc3C2=O)cc1. The van der Waals surface area contributed by atoms with Crippen LogP contribution in [0.3, 0.4) is 0 Å². The van der Waals surface area contributed by atoms with Crippen molar-refractivity contribution in [1.82, 2.24) is 10.2 Å². The van der Waals surface area contributed by atoms with Gasteiger partial charge in [-0.3, -0.25) is 9.59 Å². The van der Waals surface area contributed by atoms with Crippen molar-refractivity contribution < 1.29 is 28.5 Å². The smallest absolute Gasteiger partial charge is 0.337 e. The summed E-state index contributed by atoms with van der Waals surface area (Å²) in [6.45, 7) is 3.99. The molecule has 0 atom stereocenters. The van der Waals surface area contributed by atoms with Crippen molar-refractivity contribution in [2.45, 2.75) is 26.9 Å². The highest BCUT2D eigenvalue weighted by Crippen LogP contribution is 2.23. The quantitative estimate of drug-likeness (QED) is 0.580. The van der Waals surface area contributed by atoms with Crippen molar-refractivity contribution in [2.75, 3.05) is 0 Å². The molecule has 0 aliphatic carbocycles. The Balaban J connectivity index is 1.34. The van der Waals surface area contributed by atoms with Gasteiger partial charge < -0.3 is 14.1 Å². The van der Waals surface area contributed by atoms with E-state index < -0.39 is 17.8 Å². The maximum Gasteiger partial charge on any atom is 0.337 e. The second-order valence-electron chi connectivity index (χ2n) is 6.83. The number of imide groups is 1. The topological polar surface area (TPSA) is 98.9 Å². The van der Waals surface area contributed by atoms with E-state index in [4.69, 9.17) is 14.1 Å². The summed E-state index contributed by atoms with van der Waals surface area (Å²) in [7, 11) is 0. The van der Waals surface area contributed by atoms with Gasteiger partial charge in [0.05, 0.1) is 28.8 Å². The van der Waals surface area contributed by atoms with E-state index in [9.17, 15) is 14.4 Å². The van der Waals surface area contributed by atoms with E-state index in [2.05, 4.69) is 5.16 Å². The molecule has 0 bridgehead atoms. The summed E-state index contributed by atoms with van der Waals surface area (Å²) in [4.78, 5) is 41.8. The Morgan fingerprint density at radius 2 is 1.63 bits per heavy atom. The van der Waals surface area contributed by atoms with E-state index in [-0.39, 0.29) is 17.5 Å². The lowest BCUT2D eigenvalue weighted by molar-refractivity contribution is -0.167. The Hall–Kier alpha value is -3.94. The molecule has 2 heterocycles. The molecule has 1 aliphatic heterocycles. The first kappa shape index (κ1) is 19.4. The monoisotopic (exact) mass is 406 g/mol. The van der Waals surface area contributed by atoms with E-state index in [1.807, 2.05) is 13.8 Å². The van der Waals surface area contributed by atoms with Crippen molar-refractivity contribution in [3.8, 4) is 5.75 Å². The Bertz CT molecular complexity index is 1080. The van der Waals surface area contributed by atoms with Gasteiger partial charge in [-0.1, -0.05) is 34.5 Å². The lowest BCUT2D eigenvalue weighted by Gasteiger charge is -2.13. The summed E-state index contributed by atoms with van der Waals surface area (Å²) in [6.07, 6.45) is -0.0997. The first-order valence-corrected chi connectivity index (χ1v) is 9.26. The van der Waals surface area contributed by atoms with Crippen LogP contribution in [0.2, 0.25) is 0 Å². The summed E-state index contributed by atoms with van der Waals surface area (Å²) in [6, 6.07) is 13.2. The summed E-state index contributed by atoms with van der Waals surface area (Å²) in [5, 5.41) is 4.39. The molecular weight excluding hydrogens is 388 g/mol. The average Bonchev–Trinajstić information content (AvgIpc) is 3.19. The summed E-state index contributed by atoms with van der Waals surface area (Å²) in [5.74, 6) is -0.680. The Kier molecular flexibility index (Phi) is 5.05. The van der Waals surface area contributed by atoms with Crippen LogP contribution >= 0.6 is 0 Å². The van der Waals surface area contributed by atoms with Crippen molar-refractivity contribution in [1.29, 1.82) is 0 Å². The van der Waals surface area contributed by atoms with Gasteiger partial charge in [-0.2, -0.15) is 0 Å². The Labute approximate surface area is 171 Å². The van der Waals surface area contributed by atoms with Crippen LogP contribution in [0.4, 0.5) is 0 Å². The molecule has 8 nitrogen and oxygen atoms in total. The molecule has 0 spiro atoms. The number of aromatic nitrogens is 1. The van der Waals surface area contributed by atoms with Crippen LogP contribution < -0.4 is 4.74 Å². The highest BCUT2D eigenvalue weighted by atomic mass is 16.7. The molecule has 3 aromatic rings. The van der Waals surface area contributed by atoms with Crippen molar-refractivity contribution in [2.24, 2.45) is 0 Å². The number of hydrogen-bond acceptors (Lipinski definition) is 7. The molecule has 8 heteroatoms. The molecule has 4 rings (SSSR count). The number of carbonyl (C=O) groups excluding carboxylic acids is 3. The first-order chi connectivity index (χ1) is 14.4. The zero-order chi connectivity index (χ0) is 21.3. The van der Waals surface area contributed by atoms with E-state index in [0.717, 1.165) is 11.3 Å². The second kappa shape index (κ2) is 7.82. The van der Waals surface area contributed by atoms with Gasteiger partial charge in [0.25, 0.3) is 11.8 Å². The highest BCUT2D eigenvalue weighted by molar-refractivity contribution is 6.20. The third-order valence-electron chi connectivity index (χ3n) is 4.79. The molecule has 0 N–H and O–H groups in total. The average molecular weight is 406 g/mol. The van der Waals surface area contributed by atoms with Gasteiger partial charge >= 0.3 is 5.97 Å². The predicted molar refractivity (Wildman–Crippen MR) is 103 cm³/mol. The Morgan fingerprint density at radius 3 is 2.20 bits per heavy atom. The number of rotatable bonds is 6. The molecule has 0 fully saturated rings. The lowest BCUT2D eigenvalue weighted by Crippen LogP contribution is -2.33. The zero-order valence-corrected chi connectivity index (χ0v) is 16.4. The Morgan fingerprint density at radius 1 is 1.00 bits per heavy atom. The predicted octanol–water partition coefficient (Wildman–Crippen LogP) is 3.17. The number of hydrogen-bond donors (Lipinski definition) is 0. The molecule has 0 unspecified atom stereocenters. The largest absolute Gasteiger partial charge is 0.489 e. The highest BCUT2D eigenvalue weighted by Gasteiger charge is 2.38. The van der Waals surface area contributed by atoms with Crippen LogP contribution in [0, 0.1) is 13.8 Å². The number of amides is 2. The molecule has 0 radical (unpaired) electrons. The molecule has 1 aliphatic rings. The van der Waals surface area contributed by atoms with Gasteiger partial charge in [0.2, 0.25) is 0 Å². The van der Waals surface area contributed by atoms with E-state index in [0.29, 0.717) is 28.7 Å². The summed E-state index contributed by atoms with van der Waals surface area (Å²) >= 11 is 0. The van der Waals surface area contributed by atoms with Crippen LogP contribution in [-0.4, -0.2) is 28.0 Å². The fourth-order valence-corrected chi connectivity index (χ4v) is 3.12. The standard InChI is InChI=1S/C22H18N2O6/c1-13-19(14(2)29-23-13)12-28-16-9-7-15(8-10-16)11-20(25)30-24-21(26)17-5-3-4-6-18(17)22(24)27/h3-10H,11-12H2,1-2H3. The number of ether oxygens (including phenoxy) is 1. The molecule has 0 saturated carbocycles. The van der Waals surface area contributed by atoms with Crippen molar-refractivity contribution in [3.63, 3.8) is 0 Å². The zero-order valence-electron chi connectivity index (χ0n) is 16.4. The number of benzene rings is 2. The molecule has 152 valence electrons. The van der Waals surface area contributed by atoms with Gasteiger partial charge in [-0.25, -0.2) is 4.79 Å². The number of nitrogens with zero attached hydrogens (tertiary/aromatic N) is 2. The minimum absolute atomic E-state index is 0.0997. The third kappa shape index (κ3) is 3.67. The van der Waals surface area contributed by atoms with E-state index >= 15 is 0 Å². The van der Waals surface area contributed by atoms with Crippen LogP contribution in [-0.2, 0) is 22.7 Å². The van der Waals surface area contributed by atoms with Crippen LogP contribution in [0.25, 0.3) is 0 Å². The van der Waals surface area contributed by atoms with Gasteiger partial charge in [0.1, 0.15) is 18.1 Å². The van der Waals surface area contributed by atoms with Gasteiger partial charge in [-0.15, -0.1) is 0 Å². The van der Waals surface area contributed by atoms with Crippen LogP contribution in [0.1, 0.15) is 43.3 Å². The molecule has 30 heavy (non-hydrogen) atoms. The number of fused-ring (bicyclic) bond motifs is 1. The van der Waals surface area contributed by atoms with Gasteiger partial charge in [-0.05, 0) is 43.7 Å². The number of aryl methyl sites for hydroxylation is 2. The number of hydroxylamine groups is 2. The summed E-state index contributed by atoms with van der Waals surface area (Å²) in [5.41, 5.74) is 2.76. The molecule has 1 aromatic heterocycles. The maximum absolute atomic E-state index is 12.3. The normalized spacial score (nSPS) is 12.8. The van der Waals surface area contributed by atoms with Crippen molar-refractivity contribution >= 4 is 17.8 Å². The van der Waals surface area contributed by atoms with E-state index in [1.54, 1.807) is 36.4 Å². The minimum Gasteiger partial charge on any atom is -0.489 e.